The molecule has 0 spiro atoms. The first-order valence-electron chi connectivity index (χ1n) is 6.93. The van der Waals surface area contributed by atoms with Gasteiger partial charge in [0, 0.05) is 18.6 Å². The van der Waals surface area contributed by atoms with E-state index in [1.54, 1.807) is 27.2 Å². The SMILES string of the molecule is CCOC(=O)c1nn(-c2cccc(Br)c2)cc1NC(=O)N(C)C. The maximum absolute atomic E-state index is 12.1. The van der Waals surface area contributed by atoms with Gasteiger partial charge in [-0.15, -0.1) is 0 Å². The number of urea groups is 1. The van der Waals surface area contributed by atoms with Crippen LogP contribution in [0.5, 0.6) is 0 Å². The third-order valence-electron chi connectivity index (χ3n) is 2.90. The number of carbonyl (C=O) groups excluding carboxylic acids is 2. The number of benzene rings is 1. The fourth-order valence-electron chi connectivity index (χ4n) is 1.79. The summed E-state index contributed by atoms with van der Waals surface area (Å²) in [5.41, 5.74) is 1.10. The number of nitrogens with one attached hydrogen (secondary N) is 1. The Morgan fingerprint density at radius 1 is 1.39 bits per heavy atom. The van der Waals surface area contributed by atoms with Crippen molar-refractivity contribution in [3.63, 3.8) is 0 Å². The van der Waals surface area contributed by atoms with Crippen molar-refractivity contribution < 1.29 is 14.3 Å². The molecule has 1 N–H and O–H groups in total. The van der Waals surface area contributed by atoms with Crippen molar-refractivity contribution >= 4 is 33.6 Å². The van der Waals surface area contributed by atoms with Crippen LogP contribution < -0.4 is 5.32 Å². The molecule has 2 rings (SSSR count). The first-order valence-corrected chi connectivity index (χ1v) is 7.72. The molecule has 122 valence electrons. The lowest BCUT2D eigenvalue weighted by molar-refractivity contribution is 0.0520. The van der Waals surface area contributed by atoms with Crippen LogP contribution in [0, 0.1) is 0 Å². The van der Waals surface area contributed by atoms with E-state index < -0.39 is 5.97 Å². The number of anilines is 1. The molecule has 8 heteroatoms. The summed E-state index contributed by atoms with van der Waals surface area (Å²) in [5, 5.41) is 6.89. The number of ether oxygens (including phenoxy) is 1. The van der Waals surface area contributed by atoms with Crippen LogP contribution in [0.2, 0.25) is 0 Å². The van der Waals surface area contributed by atoms with E-state index in [1.807, 2.05) is 24.3 Å². The molecule has 0 aliphatic heterocycles. The van der Waals surface area contributed by atoms with Gasteiger partial charge in [-0.25, -0.2) is 14.3 Å². The maximum atomic E-state index is 12.1. The standard InChI is InChI=1S/C15H17BrN4O3/c1-4-23-14(21)13-12(17-15(22)19(2)3)9-20(18-13)11-7-5-6-10(16)8-11/h5-9H,4H2,1-3H3,(H,17,22). The maximum Gasteiger partial charge on any atom is 0.361 e. The summed E-state index contributed by atoms with van der Waals surface area (Å²) in [5.74, 6) is -0.588. The predicted octanol–water partition coefficient (Wildman–Crippen LogP) is 2.91. The van der Waals surface area contributed by atoms with E-state index in [9.17, 15) is 9.59 Å². The fraction of sp³-hybridized carbons (Fsp3) is 0.267. The van der Waals surface area contributed by atoms with Crippen molar-refractivity contribution in [2.75, 3.05) is 26.0 Å². The second kappa shape index (κ2) is 7.28. The van der Waals surface area contributed by atoms with Crippen LogP contribution in [-0.4, -0.2) is 47.4 Å². The number of hydrogen-bond acceptors (Lipinski definition) is 4. The monoisotopic (exact) mass is 380 g/mol. The number of esters is 1. The largest absolute Gasteiger partial charge is 0.461 e. The van der Waals surface area contributed by atoms with Crippen molar-refractivity contribution in [3.05, 3.63) is 40.6 Å². The Labute approximate surface area is 142 Å². The van der Waals surface area contributed by atoms with Crippen LogP contribution in [0.15, 0.2) is 34.9 Å². The topological polar surface area (TPSA) is 76.5 Å². The predicted molar refractivity (Wildman–Crippen MR) is 89.9 cm³/mol. The highest BCUT2D eigenvalue weighted by Crippen LogP contribution is 2.21. The summed E-state index contributed by atoms with van der Waals surface area (Å²) >= 11 is 3.39. The smallest absolute Gasteiger partial charge is 0.361 e. The molecule has 0 fully saturated rings. The number of aromatic nitrogens is 2. The van der Waals surface area contributed by atoms with Gasteiger partial charge in [-0.3, -0.25) is 0 Å². The van der Waals surface area contributed by atoms with E-state index in [0.717, 1.165) is 10.2 Å². The molecule has 1 aromatic heterocycles. The second-order valence-electron chi connectivity index (χ2n) is 4.86. The quantitative estimate of drug-likeness (QED) is 0.827. The van der Waals surface area contributed by atoms with Crippen LogP contribution in [0.25, 0.3) is 5.69 Å². The molecule has 0 aliphatic rings. The average molecular weight is 381 g/mol. The van der Waals surface area contributed by atoms with Crippen molar-refractivity contribution in [2.45, 2.75) is 6.92 Å². The van der Waals surface area contributed by atoms with E-state index in [-0.39, 0.29) is 18.3 Å². The Bertz CT molecular complexity index is 727. The molecule has 1 aromatic carbocycles. The third-order valence-corrected chi connectivity index (χ3v) is 3.40. The van der Waals surface area contributed by atoms with Crippen LogP contribution in [0.1, 0.15) is 17.4 Å². The average Bonchev–Trinajstić information content (AvgIpc) is 2.91. The molecule has 2 aromatic rings. The lowest BCUT2D eigenvalue weighted by Crippen LogP contribution is -2.28. The fourth-order valence-corrected chi connectivity index (χ4v) is 2.18. The highest BCUT2D eigenvalue weighted by molar-refractivity contribution is 9.10. The molecule has 0 atom stereocenters. The van der Waals surface area contributed by atoms with Gasteiger partial charge >= 0.3 is 12.0 Å². The molecule has 0 unspecified atom stereocenters. The van der Waals surface area contributed by atoms with Gasteiger partial charge in [0.25, 0.3) is 0 Å². The number of hydrogen-bond donors (Lipinski definition) is 1. The zero-order valence-electron chi connectivity index (χ0n) is 13.0. The van der Waals surface area contributed by atoms with E-state index in [0.29, 0.717) is 5.69 Å². The molecular formula is C15H17BrN4O3. The third kappa shape index (κ3) is 4.10. The van der Waals surface area contributed by atoms with Gasteiger partial charge in [-0.1, -0.05) is 22.0 Å². The van der Waals surface area contributed by atoms with Gasteiger partial charge in [0.2, 0.25) is 0 Å². The molecule has 1 heterocycles. The van der Waals surface area contributed by atoms with E-state index in [2.05, 4.69) is 26.3 Å². The molecule has 0 radical (unpaired) electrons. The van der Waals surface area contributed by atoms with Gasteiger partial charge in [0.15, 0.2) is 5.69 Å². The van der Waals surface area contributed by atoms with Crippen LogP contribution >= 0.6 is 15.9 Å². The van der Waals surface area contributed by atoms with Crippen LogP contribution in [0.4, 0.5) is 10.5 Å². The van der Waals surface area contributed by atoms with E-state index in [1.165, 1.54) is 9.58 Å². The van der Waals surface area contributed by atoms with Gasteiger partial charge in [0.1, 0.15) is 0 Å². The Kier molecular flexibility index (Phi) is 5.38. The first kappa shape index (κ1) is 17.0. The summed E-state index contributed by atoms with van der Waals surface area (Å²) in [7, 11) is 3.22. The minimum Gasteiger partial charge on any atom is -0.461 e. The number of rotatable bonds is 4. The minimum absolute atomic E-state index is 0.0574. The molecular weight excluding hydrogens is 364 g/mol. The lowest BCUT2D eigenvalue weighted by Gasteiger charge is -2.11. The van der Waals surface area contributed by atoms with Gasteiger partial charge in [-0.2, -0.15) is 5.10 Å². The lowest BCUT2D eigenvalue weighted by atomic mass is 10.3. The Morgan fingerprint density at radius 2 is 2.13 bits per heavy atom. The van der Waals surface area contributed by atoms with Crippen molar-refractivity contribution in [2.24, 2.45) is 0 Å². The second-order valence-corrected chi connectivity index (χ2v) is 5.78. The van der Waals surface area contributed by atoms with Crippen LogP contribution in [0.3, 0.4) is 0 Å². The van der Waals surface area contributed by atoms with Gasteiger partial charge in [-0.05, 0) is 25.1 Å². The Morgan fingerprint density at radius 3 is 2.74 bits per heavy atom. The summed E-state index contributed by atoms with van der Waals surface area (Å²) in [4.78, 5) is 25.3. The van der Waals surface area contributed by atoms with Gasteiger partial charge in [0.05, 0.1) is 24.2 Å². The zero-order valence-corrected chi connectivity index (χ0v) is 14.6. The van der Waals surface area contributed by atoms with E-state index >= 15 is 0 Å². The van der Waals surface area contributed by atoms with Crippen molar-refractivity contribution in [1.82, 2.24) is 14.7 Å². The first-order chi connectivity index (χ1) is 10.9. The highest BCUT2D eigenvalue weighted by atomic mass is 79.9. The normalized spacial score (nSPS) is 10.3. The Hall–Kier alpha value is -2.35. The highest BCUT2D eigenvalue weighted by Gasteiger charge is 2.21. The summed E-state index contributed by atoms with van der Waals surface area (Å²) in [6, 6.07) is 7.06. The number of amides is 2. The summed E-state index contributed by atoms with van der Waals surface area (Å²) < 4.78 is 7.39. The number of halogens is 1. The van der Waals surface area contributed by atoms with Crippen LogP contribution in [-0.2, 0) is 4.74 Å². The molecule has 2 amide bonds. The van der Waals surface area contributed by atoms with E-state index in [4.69, 9.17) is 4.74 Å². The molecule has 0 saturated heterocycles. The van der Waals surface area contributed by atoms with Gasteiger partial charge < -0.3 is 15.0 Å². The number of nitrogens with zero attached hydrogens (tertiary/aromatic N) is 3. The molecule has 7 nitrogen and oxygen atoms in total. The molecule has 23 heavy (non-hydrogen) atoms. The molecule has 0 bridgehead atoms. The summed E-state index contributed by atoms with van der Waals surface area (Å²) in [6.45, 7) is 1.94. The number of carbonyl (C=O) groups is 2. The Balaban J connectivity index is 2.42. The zero-order chi connectivity index (χ0) is 17.0. The summed E-state index contributed by atoms with van der Waals surface area (Å²) in [6.07, 6.45) is 1.58. The van der Waals surface area contributed by atoms with Crippen molar-refractivity contribution in [1.29, 1.82) is 0 Å². The van der Waals surface area contributed by atoms with Crippen molar-refractivity contribution in [3.8, 4) is 5.69 Å². The molecule has 0 aliphatic carbocycles. The molecule has 0 saturated carbocycles. The minimum atomic E-state index is -0.588.